The van der Waals surface area contributed by atoms with Crippen molar-refractivity contribution in [3.05, 3.63) is 100 Å². The van der Waals surface area contributed by atoms with Gasteiger partial charge in [0.15, 0.2) is 0 Å². The molecule has 2 aromatic carbocycles. The van der Waals surface area contributed by atoms with Gasteiger partial charge in [0.1, 0.15) is 11.7 Å². The molecular formula is C26H25FN6O. The van der Waals surface area contributed by atoms with E-state index in [4.69, 9.17) is 5.73 Å². The van der Waals surface area contributed by atoms with Crippen LogP contribution < -0.4 is 11.1 Å². The maximum atomic E-state index is 13.5. The van der Waals surface area contributed by atoms with Crippen molar-refractivity contribution in [1.29, 1.82) is 0 Å². The Morgan fingerprint density at radius 2 is 1.91 bits per heavy atom. The van der Waals surface area contributed by atoms with Crippen LogP contribution in [-0.4, -0.2) is 33.7 Å². The Morgan fingerprint density at radius 1 is 1.06 bits per heavy atom. The number of halogens is 1. The van der Waals surface area contributed by atoms with Crippen LogP contribution in [0.2, 0.25) is 0 Å². The summed E-state index contributed by atoms with van der Waals surface area (Å²) in [5.41, 5.74) is 11.9. The molecule has 3 N–H and O–H groups in total. The molecule has 7 nitrogen and oxygen atoms in total. The molecule has 0 radical (unpaired) electrons. The van der Waals surface area contributed by atoms with Crippen LogP contribution in [0.25, 0.3) is 11.0 Å². The number of fused-ring (bicyclic) bond motifs is 1. The highest BCUT2D eigenvalue weighted by Crippen LogP contribution is 2.15. The molecule has 0 atom stereocenters. The Hall–Kier alpha value is -4.20. The van der Waals surface area contributed by atoms with Crippen LogP contribution >= 0.6 is 0 Å². The highest BCUT2D eigenvalue weighted by atomic mass is 19.1. The van der Waals surface area contributed by atoms with Gasteiger partial charge >= 0.3 is 0 Å². The van der Waals surface area contributed by atoms with E-state index in [2.05, 4.69) is 32.2 Å². The Labute approximate surface area is 197 Å². The van der Waals surface area contributed by atoms with Gasteiger partial charge in [-0.2, -0.15) is 0 Å². The molecule has 34 heavy (non-hydrogen) atoms. The Morgan fingerprint density at radius 3 is 2.71 bits per heavy atom. The number of carbonyl (C=O) groups is 1. The van der Waals surface area contributed by atoms with E-state index in [0.29, 0.717) is 46.8 Å². The van der Waals surface area contributed by atoms with E-state index in [1.165, 1.54) is 12.1 Å². The molecule has 0 spiro atoms. The maximum absolute atomic E-state index is 13.5. The molecule has 0 fully saturated rings. The quantitative estimate of drug-likeness (QED) is 0.327. The third kappa shape index (κ3) is 5.23. The standard InChI is InChI=1S/C26H25FN6O/c1-3-17-10-16(4-6-22(17)25(28)29-2)14-32-26(34)18-8-9-30-20(11-18)13-21-15-31-23-7-5-19(27)12-24(23)33-21/h4-12,15H,3,13-14H2,1-2H3,(H2,28,29)(H,32,34). The fraction of sp³-hybridized carbons (Fsp3) is 0.192. The van der Waals surface area contributed by atoms with Crippen LogP contribution in [0.5, 0.6) is 0 Å². The number of hydrogen-bond donors (Lipinski definition) is 2. The van der Waals surface area contributed by atoms with Crippen LogP contribution in [0, 0.1) is 5.82 Å². The molecule has 0 saturated carbocycles. The van der Waals surface area contributed by atoms with Gasteiger partial charge in [-0.1, -0.05) is 25.1 Å². The number of aromatic nitrogens is 3. The highest BCUT2D eigenvalue weighted by Gasteiger charge is 2.11. The van der Waals surface area contributed by atoms with Crippen LogP contribution in [0.15, 0.2) is 65.9 Å². The Balaban J connectivity index is 1.45. The Kier molecular flexibility index (Phi) is 6.87. The first-order valence-corrected chi connectivity index (χ1v) is 11.0. The third-order valence-corrected chi connectivity index (χ3v) is 5.52. The maximum Gasteiger partial charge on any atom is 0.251 e. The van der Waals surface area contributed by atoms with E-state index < -0.39 is 0 Å². The van der Waals surface area contributed by atoms with E-state index in [0.717, 1.165) is 23.1 Å². The minimum absolute atomic E-state index is 0.202. The molecule has 4 rings (SSSR count). The van der Waals surface area contributed by atoms with Crippen molar-refractivity contribution in [2.45, 2.75) is 26.3 Å². The van der Waals surface area contributed by atoms with Crippen molar-refractivity contribution in [3.63, 3.8) is 0 Å². The molecule has 0 saturated heterocycles. The number of pyridine rings is 1. The molecule has 172 valence electrons. The predicted octanol–water partition coefficient (Wildman–Crippen LogP) is 3.58. The lowest BCUT2D eigenvalue weighted by Crippen LogP contribution is -2.23. The summed E-state index contributed by atoms with van der Waals surface area (Å²) in [6.07, 6.45) is 4.42. The van der Waals surface area contributed by atoms with Crippen LogP contribution in [-0.2, 0) is 19.4 Å². The Bertz CT molecular complexity index is 1390. The second-order valence-corrected chi connectivity index (χ2v) is 7.84. The first-order chi connectivity index (χ1) is 16.5. The third-order valence-electron chi connectivity index (χ3n) is 5.52. The first-order valence-electron chi connectivity index (χ1n) is 11.0. The molecule has 8 heteroatoms. The molecular weight excluding hydrogens is 431 g/mol. The van der Waals surface area contributed by atoms with Crippen molar-refractivity contribution in [3.8, 4) is 0 Å². The van der Waals surface area contributed by atoms with Crippen molar-refractivity contribution < 1.29 is 9.18 Å². The summed E-state index contributed by atoms with van der Waals surface area (Å²) < 4.78 is 13.5. The number of amides is 1. The molecule has 0 aliphatic rings. The van der Waals surface area contributed by atoms with Gasteiger partial charge in [0.25, 0.3) is 5.91 Å². The van der Waals surface area contributed by atoms with Gasteiger partial charge in [-0.15, -0.1) is 0 Å². The summed E-state index contributed by atoms with van der Waals surface area (Å²) in [5.74, 6) is -0.0662. The molecule has 0 aliphatic carbocycles. The zero-order chi connectivity index (χ0) is 24.1. The zero-order valence-corrected chi connectivity index (χ0v) is 19.0. The topological polar surface area (TPSA) is 106 Å². The minimum atomic E-state index is -0.363. The van der Waals surface area contributed by atoms with E-state index in [1.807, 2.05) is 18.2 Å². The number of aryl methyl sites for hydroxylation is 1. The largest absolute Gasteiger partial charge is 0.384 e. The number of amidine groups is 1. The lowest BCUT2D eigenvalue weighted by Gasteiger charge is -2.11. The molecule has 2 heterocycles. The van der Waals surface area contributed by atoms with Gasteiger partial charge in [0, 0.05) is 55.3 Å². The predicted molar refractivity (Wildman–Crippen MR) is 130 cm³/mol. The lowest BCUT2D eigenvalue weighted by atomic mass is 10.0. The van der Waals surface area contributed by atoms with Crippen LogP contribution in [0.3, 0.4) is 0 Å². The minimum Gasteiger partial charge on any atom is -0.384 e. The summed E-state index contributed by atoms with van der Waals surface area (Å²) in [7, 11) is 1.66. The molecule has 2 aromatic heterocycles. The number of benzene rings is 2. The average molecular weight is 457 g/mol. The number of nitrogens with two attached hydrogens (primary N) is 1. The lowest BCUT2D eigenvalue weighted by molar-refractivity contribution is 0.0950. The average Bonchev–Trinajstić information content (AvgIpc) is 2.86. The van der Waals surface area contributed by atoms with Gasteiger partial charge in [0.05, 0.1) is 16.7 Å². The van der Waals surface area contributed by atoms with Crippen LogP contribution in [0.4, 0.5) is 4.39 Å². The number of rotatable bonds is 7. The van der Waals surface area contributed by atoms with E-state index in [1.54, 1.807) is 37.6 Å². The second-order valence-electron chi connectivity index (χ2n) is 7.84. The molecule has 0 aliphatic heterocycles. The van der Waals surface area contributed by atoms with E-state index >= 15 is 0 Å². The van der Waals surface area contributed by atoms with Crippen molar-refractivity contribution in [2.24, 2.45) is 10.7 Å². The van der Waals surface area contributed by atoms with Gasteiger partial charge in [0.2, 0.25) is 0 Å². The molecule has 0 unspecified atom stereocenters. The number of aliphatic imine (C=N–C) groups is 1. The SMILES string of the molecule is CCc1cc(CNC(=O)c2ccnc(Cc3cnc4ccc(F)cc4n3)c2)ccc1C(N)=NC. The number of nitrogens with one attached hydrogen (secondary N) is 1. The van der Waals surface area contributed by atoms with Crippen molar-refractivity contribution in [2.75, 3.05) is 7.05 Å². The summed E-state index contributed by atoms with van der Waals surface area (Å²) in [6.45, 7) is 2.44. The van der Waals surface area contributed by atoms with Gasteiger partial charge in [-0.25, -0.2) is 9.37 Å². The van der Waals surface area contributed by atoms with E-state index in [-0.39, 0.29) is 11.7 Å². The van der Waals surface area contributed by atoms with Gasteiger partial charge in [-0.3, -0.25) is 19.8 Å². The summed E-state index contributed by atoms with van der Waals surface area (Å²) in [4.78, 5) is 30.0. The monoisotopic (exact) mass is 456 g/mol. The first kappa shape index (κ1) is 23.0. The zero-order valence-electron chi connectivity index (χ0n) is 19.0. The van der Waals surface area contributed by atoms with E-state index in [9.17, 15) is 9.18 Å². The summed E-state index contributed by atoms with van der Waals surface area (Å²) >= 11 is 0. The second kappa shape index (κ2) is 10.2. The smallest absolute Gasteiger partial charge is 0.251 e. The fourth-order valence-corrected chi connectivity index (χ4v) is 3.71. The highest BCUT2D eigenvalue weighted by molar-refractivity contribution is 5.99. The molecule has 4 aromatic rings. The summed E-state index contributed by atoms with van der Waals surface area (Å²) in [5, 5.41) is 2.95. The number of hydrogen-bond acceptors (Lipinski definition) is 5. The van der Waals surface area contributed by atoms with Crippen molar-refractivity contribution in [1.82, 2.24) is 20.3 Å². The molecule has 1 amide bonds. The number of carbonyl (C=O) groups excluding carboxylic acids is 1. The van der Waals surface area contributed by atoms with Crippen LogP contribution in [0.1, 0.15) is 45.4 Å². The van der Waals surface area contributed by atoms with Gasteiger partial charge in [-0.05, 0) is 41.8 Å². The fourth-order valence-electron chi connectivity index (χ4n) is 3.71. The van der Waals surface area contributed by atoms with Crippen molar-refractivity contribution >= 4 is 22.8 Å². The normalized spacial score (nSPS) is 11.6. The molecule has 0 bridgehead atoms. The number of nitrogens with zero attached hydrogens (tertiary/aromatic N) is 4. The summed E-state index contributed by atoms with van der Waals surface area (Å²) in [6, 6.07) is 13.6. The van der Waals surface area contributed by atoms with Gasteiger partial charge < -0.3 is 11.1 Å².